The minimum absolute atomic E-state index is 0.0146. The summed E-state index contributed by atoms with van der Waals surface area (Å²) < 4.78 is 0. The summed E-state index contributed by atoms with van der Waals surface area (Å²) in [4.78, 5) is 0. The second kappa shape index (κ2) is 5.35. The van der Waals surface area contributed by atoms with Gasteiger partial charge in [-0.3, -0.25) is 0 Å². The topological polar surface area (TPSA) is 20.2 Å². The Morgan fingerprint density at radius 3 is 2.38 bits per heavy atom. The van der Waals surface area contributed by atoms with Crippen LogP contribution in [-0.2, 0) is 0 Å². The molecular formula is C23H38O. The van der Waals surface area contributed by atoms with Gasteiger partial charge in [0.15, 0.2) is 0 Å². The SMILES string of the molecule is CCC1CCC2C3CC=C4C(CCC(O)C4(C)C)C3(C)CCC12C. The number of rotatable bonds is 1. The van der Waals surface area contributed by atoms with Gasteiger partial charge in [0.05, 0.1) is 6.10 Å². The van der Waals surface area contributed by atoms with Crippen molar-refractivity contribution in [3.05, 3.63) is 11.6 Å². The number of hydrogen-bond donors (Lipinski definition) is 1. The Morgan fingerprint density at radius 2 is 1.67 bits per heavy atom. The average molecular weight is 331 g/mol. The minimum atomic E-state index is -0.148. The molecule has 0 radical (unpaired) electrons. The molecule has 4 aliphatic rings. The first-order valence-electron chi connectivity index (χ1n) is 10.6. The Hall–Kier alpha value is -0.300. The molecule has 4 rings (SSSR count). The largest absolute Gasteiger partial charge is 0.392 e. The molecule has 0 aromatic carbocycles. The fraction of sp³-hybridized carbons (Fsp3) is 0.913. The van der Waals surface area contributed by atoms with E-state index in [0.29, 0.717) is 10.8 Å². The molecule has 0 saturated heterocycles. The minimum Gasteiger partial charge on any atom is -0.392 e. The molecule has 3 saturated carbocycles. The molecule has 0 amide bonds. The molecule has 0 bridgehead atoms. The lowest BCUT2D eigenvalue weighted by atomic mass is 9.43. The van der Waals surface area contributed by atoms with Gasteiger partial charge in [-0.05, 0) is 79.4 Å². The smallest absolute Gasteiger partial charge is 0.0628 e. The van der Waals surface area contributed by atoms with E-state index >= 15 is 0 Å². The van der Waals surface area contributed by atoms with Crippen LogP contribution in [0.15, 0.2) is 11.6 Å². The summed E-state index contributed by atoms with van der Waals surface area (Å²) in [6, 6.07) is 0. The maximum Gasteiger partial charge on any atom is 0.0628 e. The summed E-state index contributed by atoms with van der Waals surface area (Å²) in [5.41, 5.74) is 2.68. The molecule has 4 aliphatic carbocycles. The highest BCUT2D eigenvalue weighted by Crippen LogP contribution is 2.69. The average Bonchev–Trinajstić information content (AvgIpc) is 2.87. The highest BCUT2D eigenvalue weighted by atomic mass is 16.3. The highest BCUT2D eigenvalue weighted by Gasteiger charge is 2.61. The van der Waals surface area contributed by atoms with Crippen LogP contribution in [0.25, 0.3) is 0 Å². The summed E-state index contributed by atoms with van der Waals surface area (Å²) in [5.74, 6) is 3.50. The first-order valence-corrected chi connectivity index (χ1v) is 10.6. The van der Waals surface area contributed by atoms with Crippen molar-refractivity contribution in [2.75, 3.05) is 0 Å². The van der Waals surface area contributed by atoms with Crippen LogP contribution in [-0.4, -0.2) is 11.2 Å². The molecule has 7 unspecified atom stereocenters. The Bertz CT molecular complexity index is 546. The van der Waals surface area contributed by atoms with Gasteiger partial charge in [0, 0.05) is 5.41 Å². The van der Waals surface area contributed by atoms with Crippen LogP contribution in [0, 0.1) is 39.9 Å². The number of hydrogen-bond acceptors (Lipinski definition) is 1. The van der Waals surface area contributed by atoms with E-state index in [0.717, 1.165) is 30.1 Å². The molecule has 0 heterocycles. The van der Waals surface area contributed by atoms with Crippen LogP contribution in [0.2, 0.25) is 0 Å². The van der Waals surface area contributed by atoms with E-state index in [2.05, 4.69) is 40.7 Å². The predicted molar refractivity (Wildman–Crippen MR) is 101 cm³/mol. The van der Waals surface area contributed by atoms with Gasteiger partial charge in [0.2, 0.25) is 0 Å². The van der Waals surface area contributed by atoms with Crippen molar-refractivity contribution in [3.63, 3.8) is 0 Å². The van der Waals surface area contributed by atoms with E-state index in [1.165, 1.54) is 44.9 Å². The van der Waals surface area contributed by atoms with Gasteiger partial charge < -0.3 is 5.11 Å². The Labute approximate surface area is 149 Å². The van der Waals surface area contributed by atoms with Gasteiger partial charge >= 0.3 is 0 Å². The van der Waals surface area contributed by atoms with Crippen LogP contribution in [0.5, 0.6) is 0 Å². The van der Waals surface area contributed by atoms with Crippen molar-refractivity contribution in [3.8, 4) is 0 Å². The van der Waals surface area contributed by atoms with E-state index < -0.39 is 0 Å². The van der Waals surface area contributed by atoms with Crippen LogP contribution in [0.4, 0.5) is 0 Å². The van der Waals surface area contributed by atoms with Gasteiger partial charge in [-0.15, -0.1) is 0 Å². The molecule has 3 fully saturated rings. The second-order valence-electron chi connectivity index (χ2n) is 10.7. The zero-order valence-electron chi connectivity index (χ0n) is 16.6. The van der Waals surface area contributed by atoms with Crippen LogP contribution < -0.4 is 0 Å². The lowest BCUT2D eigenvalue weighted by Crippen LogP contribution is -2.54. The Kier molecular flexibility index (Phi) is 3.82. The summed E-state index contributed by atoms with van der Waals surface area (Å²) >= 11 is 0. The molecule has 1 heteroatoms. The quantitative estimate of drug-likeness (QED) is 0.587. The Morgan fingerprint density at radius 1 is 0.958 bits per heavy atom. The van der Waals surface area contributed by atoms with Crippen molar-refractivity contribution in [1.29, 1.82) is 0 Å². The molecule has 1 N–H and O–H groups in total. The summed E-state index contributed by atoms with van der Waals surface area (Å²) in [6.45, 7) is 12.2. The first-order chi connectivity index (χ1) is 11.2. The van der Waals surface area contributed by atoms with E-state index in [-0.39, 0.29) is 11.5 Å². The van der Waals surface area contributed by atoms with Crippen molar-refractivity contribution in [1.82, 2.24) is 0 Å². The summed E-state index contributed by atoms with van der Waals surface area (Å²) in [6.07, 6.45) is 13.1. The normalized spacial score (nSPS) is 52.9. The maximum absolute atomic E-state index is 10.6. The van der Waals surface area contributed by atoms with Crippen LogP contribution >= 0.6 is 0 Å². The zero-order valence-corrected chi connectivity index (χ0v) is 16.6. The molecule has 7 atom stereocenters. The molecule has 0 spiro atoms. The first kappa shape index (κ1) is 17.1. The molecule has 24 heavy (non-hydrogen) atoms. The lowest BCUT2D eigenvalue weighted by molar-refractivity contribution is -0.0912. The third-order valence-electron chi connectivity index (χ3n) is 9.70. The molecule has 1 nitrogen and oxygen atoms in total. The molecule has 0 aliphatic heterocycles. The van der Waals surface area contributed by atoms with Gasteiger partial charge in [-0.2, -0.15) is 0 Å². The van der Waals surface area contributed by atoms with Gasteiger partial charge in [-0.1, -0.05) is 52.7 Å². The number of aliphatic hydroxyl groups excluding tert-OH is 1. The van der Waals surface area contributed by atoms with Crippen LogP contribution in [0.1, 0.15) is 86.0 Å². The predicted octanol–water partition coefficient (Wildman–Crippen LogP) is 5.97. The number of fused-ring (bicyclic) bond motifs is 5. The maximum atomic E-state index is 10.6. The lowest BCUT2D eigenvalue weighted by Gasteiger charge is -2.61. The number of aliphatic hydroxyl groups is 1. The van der Waals surface area contributed by atoms with E-state index in [1.807, 2.05) is 0 Å². The number of allylic oxidation sites excluding steroid dienone is 1. The van der Waals surface area contributed by atoms with Gasteiger partial charge in [0.25, 0.3) is 0 Å². The fourth-order valence-electron chi connectivity index (χ4n) is 7.94. The molecular weight excluding hydrogens is 292 g/mol. The summed E-state index contributed by atoms with van der Waals surface area (Å²) in [7, 11) is 0. The van der Waals surface area contributed by atoms with E-state index in [1.54, 1.807) is 5.57 Å². The summed E-state index contributed by atoms with van der Waals surface area (Å²) in [5, 5.41) is 10.6. The monoisotopic (exact) mass is 330 g/mol. The third-order valence-corrected chi connectivity index (χ3v) is 9.70. The third kappa shape index (κ3) is 2.03. The van der Waals surface area contributed by atoms with Gasteiger partial charge in [0.1, 0.15) is 0 Å². The Balaban J connectivity index is 1.71. The van der Waals surface area contributed by atoms with Crippen molar-refractivity contribution < 1.29 is 5.11 Å². The standard InChI is InChI=1S/C23H38O/c1-6-15-7-8-18-19-10-9-16-17(11-12-20(24)21(16,2)3)23(19,5)14-13-22(15,18)4/h9,15,17-20,24H,6-8,10-14H2,1-5H3. The molecule has 0 aromatic rings. The fourth-order valence-corrected chi connectivity index (χ4v) is 7.94. The van der Waals surface area contributed by atoms with Crippen LogP contribution in [0.3, 0.4) is 0 Å². The van der Waals surface area contributed by atoms with Crippen molar-refractivity contribution in [2.45, 2.75) is 92.1 Å². The van der Waals surface area contributed by atoms with Crippen molar-refractivity contribution >= 4 is 0 Å². The van der Waals surface area contributed by atoms with Gasteiger partial charge in [-0.25, -0.2) is 0 Å². The zero-order chi connectivity index (χ0) is 17.3. The molecule has 136 valence electrons. The second-order valence-corrected chi connectivity index (χ2v) is 10.7. The van der Waals surface area contributed by atoms with E-state index in [9.17, 15) is 5.11 Å². The highest BCUT2D eigenvalue weighted by molar-refractivity contribution is 5.28. The molecule has 0 aromatic heterocycles. The van der Waals surface area contributed by atoms with Crippen molar-refractivity contribution in [2.24, 2.45) is 39.9 Å². The van der Waals surface area contributed by atoms with E-state index in [4.69, 9.17) is 0 Å².